The molecule has 18 heavy (non-hydrogen) atoms. The zero-order chi connectivity index (χ0) is 13.3. The first kappa shape index (κ1) is 16.0. The minimum absolute atomic E-state index is 0.582. The molecule has 0 bridgehead atoms. The van der Waals surface area contributed by atoms with Crippen molar-refractivity contribution in [2.45, 2.75) is 78.2 Å². The second kappa shape index (κ2) is 8.92. The molecule has 2 N–H and O–H groups in total. The Labute approximate surface area is 114 Å². The first-order chi connectivity index (χ1) is 8.72. The SMILES string of the molecule is CCCCCC(C)NCC1(CCC)CCNCC1. The Kier molecular flexibility index (Phi) is 7.92. The number of rotatable bonds is 9. The van der Waals surface area contributed by atoms with Crippen molar-refractivity contribution in [3.63, 3.8) is 0 Å². The normalized spacial score (nSPS) is 20.8. The van der Waals surface area contributed by atoms with Crippen molar-refractivity contribution in [3.8, 4) is 0 Å². The van der Waals surface area contributed by atoms with Crippen molar-refractivity contribution in [1.82, 2.24) is 10.6 Å². The van der Waals surface area contributed by atoms with Gasteiger partial charge in [-0.1, -0.05) is 39.5 Å². The highest BCUT2D eigenvalue weighted by Crippen LogP contribution is 2.33. The molecular weight excluding hydrogens is 220 g/mol. The molecule has 0 radical (unpaired) electrons. The van der Waals surface area contributed by atoms with Crippen molar-refractivity contribution < 1.29 is 0 Å². The summed E-state index contributed by atoms with van der Waals surface area (Å²) in [5, 5.41) is 7.31. The van der Waals surface area contributed by atoms with Crippen LogP contribution in [0.3, 0.4) is 0 Å². The maximum absolute atomic E-state index is 3.81. The zero-order valence-electron chi connectivity index (χ0n) is 12.9. The first-order valence-electron chi connectivity index (χ1n) is 8.16. The van der Waals surface area contributed by atoms with Gasteiger partial charge in [-0.3, -0.25) is 0 Å². The van der Waals surface area contributed by atoms with Crippen LogP contribution in [0.4, 0.5) is 0 Å². The number of hydrogen-bond acceptors (Lipinski definition) is 2. The molecule has 1 aliphatic heterocycles. The van der Waals surface area contributed by atoms with Crippen LogP contribution in [0.5, 0.6) is 0 Å². The predicted molar refractivity (Wildman–Crippen MR) is 81.1 cm³/mol. The van der Waals surface area contributed by atoms with Crippen LogP contribution in [0.2, 0.25) is 0 Å². The molecule has 0 aromatic rings. The predicted octanol–water partition coefficient (Wildman–Crippen LogP) is 3.71. The minimum Gasteiger partial charge on any atom is -0.317 e. The van der Waals surface area contributed by atoms with Gasteiger partial charge in [0.2, 0.25) is 0 Å². The second-order valence-corrected chi connectivity index (χ2v) is 6.28. The molecule has 2 heteroatoms. The molecule has 0 aliphatic carbocycles. The van der Waals surface area contributed by atoms with Crippen LogP contribution in [0.25, 0.3) is 0 Å². The van der Waals surface area contributed by atoms with Crippen LogP contribution in [-0.2, 0) is 0 Å². The molecule has 1 aliphatic rings. The van der Waals surface area contributed by atoms with E-state index in [0.717, 1.165) is 0 Å². The van der Waals surface area contributed by atoms with Crippen LogP contribution >= 0.6 is 0 Å². The van der Waals surface area contributed by atoms with Crippen molar-refractivity contribution >= 4 is 0 Å². The Morgan fingerprint density at radius 2 is 1.83 bits per heavy atom. The zero-order valence-corrected chi connectivity index (χ0v) is 12.9. The van der Waals surface area contributed by atoms with Gasteiger partial charge in [0.05, 0.1) is 0 Å². The fraction of sp³-hybridized carbons (Fsp3) is 1.00. The van der Waals surface area contributed by atoms with Gasteiger partial charge in [0.25, 0.3) is 0 Å². The van der Waals surface area contributed by atoms with E-state index < -0.39 is 0 Å². The van der Waals surface area contributed by atoms with Gasteiger partial charge in [-0.25, -0.2) is 0 Å². The second-order valence-electron chi connectivity index (χ2n) is 6.28. The van der Waals surface area contributed by atoms with E-state index in [-0.39, 0.29) is 0 Å². The average molecular weight is 254 g/mol. The number of hydrogen-bond donors (Lipinski definition) is 2. The molecule has 1 fully saturated rings. The van der Waals surface area contributed by atoms with Crippen molar-refractivity contribution in [1.29, 1.82) is 0 Å². The van der Waals surface area contributed by atoms with E-state index in [0.29, 0.717) is 11.5 Å². The highest BCUT2D eigenvalue weighted by atomic mass is 14.9. The quantitative estimate of drug-likeness (QED) is 0.613. The Morgan fingerprint density at radius 3 is 2.44 bits per heavy atom. The summed E-state index contributed by atoms with van der Waals surface area (Å²) in [6.45, 7) is 10.6. The summed E-state index contributed by atoms with van der Waals surface area (Å²) in [7, 11) is 0. The first-order valence-corrected chi connectivity index (χ1v) is 8.16. The average Bonchev–Trinajstić information content (AvgIpc) is 2.38. The molecule has 1 saturated heterocycles. The van der Waals surface area contributed by atoms with Gasteiger partial charge in [-0.15, -0.1) is 0 Å². The lowest BCUT2D eigenvalue weighted by Gasteiger charge is -2.39. The number of nitrogens with one attached hydrogen (secondary N) is 2. The molecule has 0 aromatic heterocycles. The number of unbranched alkanes of at least 4 members (excludes halogenated alkanes) is 2. The third-order valence-corrected chi connectivity index (χ3v) is 4.51. The third-order valence-electron chi connectivity index (χ3n) is 4.51. The topological polar surface area (TPSA) is 24.1 Å². The maximum Gasteiger partial charge on any atom is 0.00389 e. The van der Waals surface area contributed by atoms with Crippen molar-refractivity contribution in [3.05, 3.63) is 0 Å². The van der Waals surface area contributed by atoms with E-state index in [2.05, 4.69) is 31.4 Å². The molecule has 0 spiro atoms. The summed E-state index contributed by atoms with van der Waals surface area (Å²) in [5.74, 6) is 0. The summed E-state index contributed by atoms with van der Waals surface area (Å²) in [6, 6.07) is 0.695. The van der Waals surface area contributed by atoms with E-state index in [1.54, 1.807) is 0 Å². The lowest BCUT2D eigenvalue weighted by atomic mass is 9.75. The van der Waals surface area contributed by atoms with Crippen LogP contribution in [0.15, 0.2) is 0 Å². The molecule has 0 aromatic carbocycles. The van der Waals surface area contributed by atoms with Gasteiger partial charge >= 0.3 is 0 Å². The van der Waals surface area contributed by atoms with E-state index >= 15 is 0 Å². The third kappa shape index (κ3) is 5.71. The van der Waals surface area contributed by atoms with Crippen molar-refractivity contribution in [2.24, 2.45) is 5.41 Å². The molecular formula is C16H34N2. The standard InChI is InChI=1S/C16H34N2/c1-4-6-7-8-15(3)18-14-16(9-5-2)10-12-17-13-11-16/h15,17-18H,4-14H2,1-3H3. The Balaban J connectivity index is 2.28. The largest absolute Gasteiger partial charge is 0.317 e. The Bertz CT molecular complexity index is 192. The molecule has 2 nitrogen and oxygen atoms in total. The highest BCUT2D eigenvalue weighted by Gasteiger charge is 2.30. The van der Waals surface area contributed by atoms with Gasteiger partial charge in [0, 0.05) is 12.6 Å². The smallest absolute Gasteiger partial charge is 0.00389 e. The van der Waals surface area contributed by atoms with E-state index in [4.69, 9.17) is 0 Å². The van der Waals surface area contributed by atoms with Gasteiger partial charge in [-0.2, -0.15) is 0 Å². The summed E-state index contributed by atoms with van der Waals surface area (Å²) >= 11 is 0. The van der Waals surface area contributed by atoms with Gasteiger partial charge in [0.15, 0.2) is 0 Å². The van der Waals surface area contributed by atoms with Gasteiger partial charge < -0.3 is 10.6 Å². The highest BCUT2D eigenvalue weighted by molar-refractivity contribution is 4.87. The van der Waals surface area contributed by atoms with E-state index in [1.165, 1.54) is 71.0 Å². The monoisotopic (exact) mass is 254 g/mol. The van der Waals surface area contributed by atoms with Gasteiger partial charge in [0.1, 0.15) is 0 Å². The fourth-order valence-electron chi connectivity index (χ4n) is 3.20. The summed E-state index contributed by atoms with van der Waals surface area (Å²) in [4.78, 5) is 0. The van der Waals surface area contributed by atoms with Gasteiger partial charge in [-0.05, 0) is 51.1 Å². The molecule has 0 saturated carbocycles. The summed E-state index contributed by atoms with van der Waals surface area (Å²) in [6.07, 6.45) is 10.9. The van der Waals surface area contributed by atoms with Crippen LogP contribution in [0.1, 0.15) is 72.1 Å². The molecule has 108 valence electrons. The molecule has 1 heterocycles. The summed E-state index contributed by atoms with van der Waals surface area (Å²) in [5.41, 5.74) is 0.582. The maximum atomic E-state index is 3.81. The molecule has 0 amide bonds. The minimum atomic E-state index is 0.582. The molecule has 1 atom stereocenters. The van der Waals surface area contributed by atoms with E-state index in [9.17, 15) is 0 Å². The molecule has 1 unspecified atom stereocenters. The lowest BCUT2D eigenvalue weighted by molar-refractivity contribution is 0.170. The van der Waals surface area contributed by atoms with Crippen LogP contribution in [0, 0.1) is 5.41 Å². The van der Waals surface area contributed by atoms with Crippen LogP contribution < -0.4 is 10.6 Å². The number of piperidine rings is 1. The van der Waals surface area contributed by atoms with Crippen molar-refractivity contribution in [2.75, 3.05) is 19.6 Å². The lowest BCUT2D eigenvalue weighted by Crippen LogP contribution is -2.45. The van der Waals surface area contributed by atoms with Crippen LogP contribution in [-0.4, -0.2) is 25.7 Å². The summed E-state index contributed by atoms with van der Waals surface area (Å²) < 4.78 is 0. The Morgan fingerprint density at radius 1 is 1.11 bits per heavy atom. The molecule has 1 rings (SSSR count). The fourth-order valence-corrected chi connectivity index (χ4v) is 3.20. The Hall–Kier alpha value is -0.0800. The van der Waals surface area contributed by atoms with E-state index in [1.807, 2.05) is 0 Å².